The quantitative estimate of drug-likeness (QED) is 0.563. The molecule has 0 radical (unpaired) electrons. The van der Waals surface area contributed by atoms with Crippen LogP contribution in [0.25, 0.3) is 0 Å². The zero-order valence-electron chi connectivity index (χ0n) is 17.9. The van der Waals surface area contributed by atoms with E-state index in [0.717, 1.165) is 11.1 Å². The van der Waals surface area contributed by atoms with Crippen LogP contribution in [0.5, 0.6) is 0 Å². The molecule has 1 aliphatic rings. The molecule has 0 saturated carbocycles. The van der Waals surface area contributed by atoms with Gasteiger partial charge in [0.25, 0.3) is 0 Å². The molecule has 1 fully saturated rings. The first-order valence-corrected chi connectivity index (χ1v) is 10.2. The standard InChI is InChI=1S/C23H26O10/c1-28-21-20(33-23(27)30-13-16-10-6-3-7-11-16)19(25)18(24)17(32-21)14-31-22(26)29-12-15-8-4-2-5-9-15/h2-11,17-21,24-25H,12-14H2,1H3/t17-,18-,19+,20-,21+/m1/s1. The topological polar surface area (TPSA) is 130 Å². The molecule has 0 unspecified atom stereocenters. The van der Waals surface area contributed by atoms with Crippen molar-refractivity contribution >= 4 is 12.3 Å². The third-order valence-electron chi connectivity index (χ3n) is 4.87. The van der Waals surface area contributed by atoms with Crippen molar-refractivity contribution in [3.63, 3.8) is 0 Å². The minimum atomic E-state index is -1.58. The lowest BCUT2D eigenvalue weighted by atomic mass is 9.99. The normalized spacial score (nSPS) is 24.5. The number of aliphatic hydroxyl groups is 2. The summed E-state index contributed by atoms with van der Waals surface area (Å²) >= 11 is 0. The molecule has 2 aromatic rings. The van der Waals surface area contributed by atoms with E-state index in [2.05, 4.69) is 0 Å². The molecule has 0 amide bonds. The number of hydrogen-bond donors (Lipinski definition) is 2. The fourth-order valence-electron chi connectivity index (χ4n) is 3.13. The van der Waals surface area contributed by atoms with Gasteiger partial charge >= 0.3 is 12.3 Å². The summed E-state index contributed by atoms with van der Waals surface area (Å²) < 4.78 is 30.7. The molecule has 0 aromatic heterocycles. The van der Waals surface area contributed by atoms with Crippen molar-refractivity contribution in [3.05, 3.63) is 71.8 Å². The number of rotatable bonds is 8. The number of ether oxygens (including phenoxy) is 6. The third kappa shape index (κ3) is 7.16. The number of hydrogen-bond acceptors (Lipinski definition) is 10. The summed E-state index contributed by atoms with van der Waals surface area (Å²) in [6.07, 6.45) is -8.90. The number of benzene rings is 2. The van der Waals surface area contributed by atoms with Gasteiger partial charge in [0.05, 0.1) is 0 Å². The Kier molecular flexibility index (Phi) is 9.02. The Hall–Kier alpha value is -3.18. The molecule has 2 aromatic carbocycles. The zero-order valence-corrected chi connectivity index (χ0v) is 17.9. The summed E-state index contributed by atoms with van der Waals surface area (Å²) in [7, 11) is 1.27. The highest BCUT2D eigenvalue weighted by molar-refractivity contribution is 5.60. The van der Waals surface area contributed by atoms with Crippen molar-refractivity contribution in [2.75, 3.05) is 13.7 Å². The number of carbonyl (C=O) groups excluding carboxylic acids is 2. The van der Waals surface area contributed by atoms with Crippen LogP contribution in [0.15, 0.2) is 60.7 Å². The van der Waals surface area contributed by atoms with Gasteiger partial charge in [0.15, 0.2) is 12.4 Å². The first-order valence-electron chi connectivity index (χ1n) is 10.2. The maximum absolute atomic E-state index is 12.0. The van der Waals surface area contributed by atoms with Crippen molar-refractivity contribution < 1.29 is 48.2 Å². The SMILES string of the molecule is CO[C@H]1O[C@H](COC(=O)OCc2ccccc2)[C@@H](O)[C@H](O)[C@H]1OC(=O)OCc1ccccc1. The van der Waals surface area contributed by atoms with Gasteiger partial charge in [0, 0.05) is 7.11 Å². The van der Waals surface area contributed by atoms with Gasteiger partial charge in [0.2, 0.25) is 0 Å². The van der Waals surface area contributed by atoms with Crippen molar-refractivity contribution in [2.24, 2.45) is 0 Å². The van der Waals surface area contributed by atoms with Gasteiger partial charge in [-0.2, -0.15) is 0 Å². The summed E-state index contributed by atoms with van der Waals surface area (Å²) in [5, 5.41) is 20.8. The van der Waals surface area contributed by atoms with E-state index in [1.807, 2.05) is 12.1 Å². The summed E-state index contributed by atoms with van der Waals surface area (Å²) in [6, 6.07) is 18.0. The van der Waals surface area contributed by atoms with Crippen LogP contribution in [0.2, 0.25) is 0 Å². The average molecular weight is 462 g/mol. The maximum Gasteiger partial charge on any atom is 0.509 e. The molecular formula is C23H26O10. The van der Waals surface area contributed by atoms with Crippen LogP contribution < -0.4 is 0 Å². The first kappa shape index (κ1) is 24.5. The zero-order chi connectivity index (χ0) is 23.6. The molecule has 3 rings (SSSR count). The maximum atomic E-state index is 12.0. The molecule has 10 heteroatoms. The van der Waals surface area contributed by atoms with Crippen LogP contribution in [-0.4, -0.2) is 66.9 Å². The largest absolute Gasteiger partial charge is 0.509 e. The van der Waals surface area contributed by atoms with E-state index in [9.17, 15) is 19.8 Å². The third-order valence-corrected chi connectivity index (χ3v) is 4.87. The second-order valence-corrected chi connectivity index (χ2v) is 7.20. The van der Waals surface area contributed by atoms with Gasteiger partial charge < -0.3 is 38.6 Å². The van der Waals surface area contributed by atoms with Crippen molar-refractivity contribution in [3.8, 4) is 0 Å². The van der Waals surface area contributed by atoms with Crippen LogP contribution >= 0.6 is 0 Å². The number of carbonyl (C=O) groups is 2. The van der Waals surface area contributed by atoms with Crippen molar-refractivity contribution in [1.29, 1.82) is 0 Å². The number of methoxy groups -OCH3 is 1. The molecule has 1 saturated heterocycles. The first-order chi connectivity index (χ1) is 16.0. The predicted molar refractivity (Wildman–Crippen MR) is 112 cm³/mol. The Bertz CT molecular complexity index is 871. The Labute approximate surface area is 190 Å². The predicted octanol–water partition coefficient (Wildman–Crippen LogP) is 2.15. The minimum Gasteiger partial charge on any atom is -0.431 e. The van der Waals surface area contributed by atoms with E-state index in [0.29, 0.717) is 0 Å². The van der Waals surface area contributed by atoms with Gasteiger partial charge in [0.1, 0.15) is 38.1 Å². The molecular weight excluding hydrogens is 436 g/mol. The second kappa shape index (κ2) is 12.2. The molecule has 10 nitrogen and oxygen atoms in total. The van der Waals surface area contributed by atoms with E-state index in [1.54, 1.807) is 48.5 Å². The van der Waals surface area contributed by atoms with Crippen LogP contribution in [0, 0.1) is 0 Å². The van der Waals surface area contributed by atoms with Crippen LogP contribution in [0.1, 0.15) is 11.1 Å². The van der Waals surface area contributed by atoms with Crippen LogP contribution in [0.4, 0.5) is 9.59 Å². The van der Waals surface area contributed by atoms with E-state index in [-0.39, 0.29) is 13.2 Å². The highest BCUT2D eigenvalue weighted by Gasteiger charge is 2.47. The van der Waals surface area contributed by atoms with Gasteiger partial charge in [-0.25, -0.2) is 9.59 Å². The molecule has 0 aliphatic carbocycles. The minimum absolute atomic E-state index is 0.0120. The summed E-state index contributed by atoms with van der Waals surface area (Å²) in [5.74, 6) is 0. The van der Waals surface area contributed by atoms with E-state index >= 15 is 0 Å². The lowest BCUT2D eigenvalue weighted by Gasteiger charge is -2.40. The van der Waals surface area contributed by atoms with Gasteiger partial charge in [-0.1, -0.05) is 60.7 Å². The van der Waals surface area contributed by atoms with E-state index in [1.165, 1.54) is 7.11 Å². The highest BCUT2D eigenvalue weighted by Crippen LogP contribution is 2.25. The monoisotopic (exact) mass is 462 g/mol. The Morgan fingerprint density at radius 1 is 0.818 bits per heavy atom. The van der Waals surface area contributed by atoms with E-state index in [4.69, 9.17) is 28.4 Å². The highest BCUT2D eigenvalue weighted by atomic mass is 16.8. The molecule has 0 spiro atoms. The molecule has 5 atom stereocenters. The molecule has 0 bridgehead atoms. The fourth-order valence-corrected chi connectivity index (χ4v) is 3.13. The summed E-state index contributed by atoms with van der Waals surface area (Å²) in [5.41, 5.74) is 1.52. The Balaban J connectivity index is 1.47. The molecule has 178 valence electrons. The molecule has 1 aliphatic heterocycles. The number of aliphatic hydroxyl groups excluding tert-OH is 2. The van der Waals surface area contributed by atoms with Crippen molar-refractivity contribution in [2.45, 2.75) is 43.9 Å². The molecule has 2 N–H and O–H groups in total. The lowest BCUT2D eigenvalue weighted by molar-refractivity contribution is -0.296. The molecule has 33 heavy (non-hydrogen) atoms. The van der Waals surface area contributed by atoms with E-state index < -0.39 is 49.6 Å². The molecule has 1 heterocycles. The Morgan fingerprint density at radius 2 is 1.36 bits per heavy atom. The smallest absolute Gasteiger partial charge is 0.431 e. The second-order valence-electron chi connectivity index (χ2n) is 7.20. The van der Waals surface area contributed by atoms with Gasteiger partial charge in [-0.3, -0.25) is 0 Å². The fraction of sp³-hybridized carbons (Fsp3) is 0.391. The van der Waals surface area contributed by atoms with Crippen LogP contribution in [-0.2, 0) is 41.6 Å². The summed E-state index contributed by atoms with van der Waals surface area (Å²) in [6.45, 7) is -0.444. The average Bonchev–Trinajstić information content (AvgIpc) is 2.85. The van der Waals surface area contributed by atoms with Crippen LogP contribution in [0.3, 0.4) is 0 Å². The lowest BCUT2D eigenvalue weighted by Crippen LogP contribution is -2.60. The van der Waals surface area contributed by atoms with Gasteiger partial charge in [-0.15, -0.1) is 0 Å². The van der Waals surface area contributed by atoms with Crippen molar-refractivity contribution in [1.82, 2.24) is 0 Å². The Morgan fingerprint density at radius 3 is 1.91 bits per heavy atom. The van der Waals surface area contributed by atoms with Gasteiger partial charge in [-0.05, 0) is 11.1 Å². The summed E-state index contributed by atoms with van der Waals surface area (Å²) in [4.78, 5) is 23.9.